The van der Waals surface area contributed by atoms with E-state index in [-0.39, 0.29) is 18.3 Å². The maximum Gasteiger partial charge on any atom is 0.252 e. The minimum Gasteiger partial charge on any atom is -0.368 e. The van der Waals surface area contributed by atoms with Gasteiger partial charge in [-0.1, -0.05) is 0 Å². The van der Waals surface area contributed by atoms with Crippen LogP contribution in [-0.2, 0) is 9.53 Å². The first-order chi connectivity index (χ1) is 8.77. The first-order valence-corrected chi connectivity index (χ1v) is 8.71. The lowest BCUT2D eigenvalue weighted by Crippen LogP contribution is -2.55. The van der Waals surface area contributed by atoms with Crippen molar-refractivity contribution in [3.05, 3.63) is 0 Å². The van der Waals surface area contributed by atoms with Crippen molar-refractivity contribution in [1.29, 1.82) is 0 Å². The molecule has 0 spiro atoms. The number of thioether (sulfide) groups is 2. The smallest absolute Gasteiger partial charge is 0.252 e. The third kappa shape index (κ3) is 4.70. The Labute approximate surface area is 130 Å². The van der Waals surface area contributed by atoms with Crippen LogP contribution in [0.4, 0.5) is 0 Å². The van der Waals surface area contributed by atoms with Gasteiger partial charge in [-0.25, -0.2) is 0 Å². The van der Waals surface area contributed by atoms with Crippen molar-refractivity contribution in [2.24, 2.45) is 0 Å². The lowest BCUT2D eigenvalue weighted by molar-refractivity contribution is -0.146. The minimum atomic E-state index is -0.599. The quantitative estimate of drug-likeness (QED) is 0.811. The van der Waals surface area contributed by atoms with Crippen LogP contribution in [0, 0.1) is 0 Å². The fraction of sp³-hybridized carbons (Fsp3) is 0.917. The number of methoxy groups -OCH3 is 1. The van der Waals surface area contributed by atoms with Gasteiger partial charge >= 0.3 is 0 Å². The molecule has 2 N–H and O–H groups in total. The standard InChI is InChI=1S/C12H22N2O2S2.ClH/c1-16-12(2-4-13-5-3-12)11(15)14-8-10-9-17-6-7-18-10;/h10,13H,2-9H2,1H3,(H,14,15);1H. The molecule has 112 valence electrons. The highest BCUT2D eigenvalue weighted by atomic mass is 35.5. The maximum absolute atomic E-state index is 12.3. The number of hydrogen-bond acceptors (Lipinski definition) is 5. The molecule has 0 radical (unpaired) electrons. The molecule has 7 heteroatoms. The zero-order valence-electron chi connectivity index (χ0n) is 11.3. The molecule has 0 aliphatic carbocycles. The lowest BCUT2D eigenvalue weighted by atomic mass is 9.91. The summed E-state index contributed by atoms with van der Waals surface area (Å²) in [6.45, 7) is 2.49. The van der Waals surface area contributed by atoms with Crippen LogP contribution in [0.3, 0.4) is 0 Å². The molecular weight excluding hydrogens is 304 g/mol. The average Bonchev–Trinajstić information content (AvgIpc) is 2.46. The molecule has 2 aliphatic rings. The number of ether oxygens (including phenoxy) is 1. The Hall–Kier alpha value is 0.380. The number of carbonyl (C=O) groups is 1. The summed E-state index contributed by atoms with van der Waals surface area (Å²) in [4.78, 5) is 12.3. The molecule has 0 bridgehead atoms. The van der Waals surface area contributed by atoms with Crippen molar-refractivity contribution in [1.82, 2.24) is 10.6 Å². The lowest BCUT2D eigenvalue weighted by Gasteiger charge is -2.35. The van der Waals surface area contributed by atoms with Crippen LogP contribution in [-0.4, -0.2) is 60.8 Å². The highest BCUT2D eigenvalue weighted by Crippen LogP contribution is 2.25. The summed E-state index contributed by atoms with van der Waals surface area (Å²) >= 11 is 3.95. The summed E-state index contributed by atoms with van der Waals surface area (Å²) in [5, 5.41) is 6.91. The molecule has 2 fully saturated rings. The molecule has 2 aliphatic heterocycles. The van der Waals surface area contributed by atoms with Crippen molar-refractivity contribution in [2.45, 2.75) is 23.7 Å². The third-order valence-corrected chi connectivity index (χ3v) is 6.44. The Bertz CT molecular complexity index is 283. The highest BCUT2D eigenvalue weighted by Gasteiger charge is 2.39. The molecule has 19 heavy (non-hydrogen) atoms. The third-order valence-electron chi connectivity index (χ3n) is 3.59. The van der Waals surface area contributed by atoms with Crippen molar-refractivity contribution in [3.8, 4) is 0 Å². The van der Waals surface area contributed by atoms with E-state index in [1.54, 1.807) is 7.11 Å². The molecule has 1 atom stereocenters. The molecule has 0 aromatic rings. The molecule has 1 amide bonds. The number of halogens is 1. The van der Waals surface area contributed by atoms with Gasteiger partial charge < -0.3 is 15.4 Å². The van der Waals surface area contributed by atoms with Gasteiger partial charge in [-0.2, -0.15) is 23.5 Å². The molecule has 1 unspecified atom stereocenters. The number of rotatable bonds is 4. The Kier molecular flexibility index (Phi) is 7.91. The van der Waals surface area contributed by atoms with Gasteiger partial charge in [0, 0.05) is 36.2 Å². The Morgan fingerprint density at radius 2 is 2.16 bits per heavy atom. The first-order valence-electron chi connectivity index (χ1n) is 6.50. The van der Waals surface area contributed by atoms with E-state index in [0.717, 1.165) is 38.2 Å². The number of carbonyl (C=O) groups excluding carboxylic acids is 1. The maximum atomic E-state index is 12.3. The van der Waals surface area contributed by atoms with E-state index in [2.05, 4.69) is 10.6 Å². The predicted octanol–water partition coefficient (Wildman–Crippen LogP) is 1.14. The van der Waals surface area contributed by atoms with Crippen molar-refractivity contribution >= 4 is 41.8 Å². The number of piperidine rings is 1. The Morgan fingerprint density at radius 3 is 2.74 bits per heavy atom. The van der Waals surface area contributed by atoms with Gasteiger partial charge in [0.15, 0.2) is 0 Å². The van der Waals surface area contributed by atoms with Crippen LogP contribution in [0.25, 0.3) is 0 Å². The van der Waals surface area contributed by atoms with E-state index in [0.29, 0.717) is 5.25 Å². The largest absolute Gasteiger partial charge is 0.368 e. The second-order valence-corrected chi connectivity index (χ2v) is 7.28. The summed E-state index contributed by atoms with van der Waals surface area (Å²) in [7, 11) is 1.65. The average molecular weight is 327 g/mol. The van der Waals surface area contributed by atoms with E-state index in [1.807, 2.05) is 23.5 Å². The SMILES string of the molecule is COC1(C(=O)NCC2CSCCS2)CCNCC1.Cl. The van der Waals surface area contributed by atoms with Crippen LogP contribution in [0.15, 0.2) is 0 Å². The zero-order chi connectivity index (χ0) is 12.8. The van der Waals surface area contributed by atoms with Gasteiger partial charge in [0.05, 0.1) is 0 Å². The second-order valence-electron chi connectivity index (χ2n) is 4.73. The van der Waals surface area contributed by atoms with E-state index in [4.69, 9.17) is 4.74 Å². The monoisotopic (exact) mass is 326 g/mol. The van der Waals surface area contributed by atoms with Gasteiger partial charge in [0.25, 0.3) is 5.91 Å². The highest BCUT2D eigenvalue weighted by molar-refractivity contribution is 8.06. The minimum absolute atomic E-state index is 0. The van der Waals surface area contributed by atoms with Crippen molar-refractivity contribution < 1.29 is 9.53 Å². The molecule has 2 rings (SSSR count). The van der Waals surface area contributed by atoms with Crippen LogP contribution < -0.4 is 10.6 Å². The Balaban J connectivity index is 0.00000180. The second kappa shape index (κ2) is 8.62. The number of amides is 1. The van der Waals surface area contributed by atoms with Gasteiger partial charge in [-0.05, 0) is 25.9 Å². The molecule has 0 aromatic heterocycles. The fourth-order valence-corrected chi connectivity index (χ4v) is 4.99. The normalized spacial score (nSPS) is 26.3. The zero-order valence-corrected chi connectivity index (χ0v) is 13.7. The number of hydrogen-bond donors (Lipinski definition) is 2. The summed E-state index contributed by atoms with van der Waals surface area (Å²) in [5.41, 5.74) is -0.599. The van der Waals surface area contributed by atoms with Gasteiger partial charge in [-0.3, -0.25) is 4.79 Å². The summed E-state index contributed by atoms with van der Waals surface area (Å²) in [6, 6.07) is 0. The van der Waals surface area contributed by atoms with Gasteiger partial charge in [0.2, 0.25) is 0 Å². The Morgan fingerprint density at radius 1 is 1.42 bits per heavy atom. The first kappa shape index (κ1) is 17.4. The molecule has 0 saturated carbocycles. The molecule has 0 aromatic carbocycles. The van der Waals surface area contributed by atoms with Gasteiger partial charge in [-0.15, -0.1) is 12.4 Å². The molecule has 2 saturated heterocycles. The van der Waals surface area contributed by atoms with Crippen LogP contribution in [0.1, 0.15) is 12.8 Å². The van der Waals surface area contributed by atoms with Gasteiger partial charge in [0.1, 0.15) is 5.60 Å². The topological polar surface area (TPSA) is 50.4 Å². The van der Waals surface area contributed by atoms with Crippen LogP contribution in [0.2, 0.25) is 0 Å². The molecule has 2 heterocycles. The summed E-state index contributed by atoms with van der Waals surface area (Å²) in [5.74, 6) is 3.66. The van der Waals surface area contributed by atoms with E-state index in [9.17, 15) is 4.79 Å². The molecular formula is C12H23ClN2O2S2. The summed E-state index contributed by atoms with van der Waals surface area (Å²) in [6.07, 6.45) is 1.53. The van der Waals surface area contributed by atoms with Crippen molar-refractivity contribution in [3.63, 3.8) is 0 Å². The van der Waals surface area contributed by atoms with Crippen molar-refractivity contribution in [2.75, 3.05) is 44.0 Å². The van der Waals surface area contributed by atoms with E-state index >= 15 is 0 Å². The van der Waals surface area contributed by atoms with E-state index in [1.165, 1.54) is 11.5 Å². The summed E-state index contributed by atoms with van der Waals surface area (Å²) < 4.78 is 5.52. The molecule has 4 nitrogen and oxygen atoms in total. The predicted molar refractivity (Wildman–Crippen MR) is 85.7 cm³/mol. The van der Waals surface area contributed by atoms with Crippen LogP contribution in [0.5, 0.6) is 0 Å². The number of nitrogens with one attached hydrogen (secondary N) is 2. The fourth-order valence-electron chi connectivity index (χ4n) is 2.38. The van der Waals surface area contributed by atoms with Crippen LogP contribution >= 0.6 is 35.9 Å². The van der Waals surface area contributed by atoms with E-state index < -0.39 is 5.60 Å².